The van der Waals surface area contributed by atoms with E-state index in [-0.39, 0.29) is 0 Å². The zero-order chi connectivity index (χ0) is 12.3. The first-order valence-electron chi connectivity index (χ1n) is 7.38. The lowest BCUT2D eigenvalue weighted by atomic mass is 9.92. The molecule has 2 heterocycles. The van der Waals surface area contributed by atoms with Crippen LogP contribution < -0.4 is 5.32 Å². The fourth-order valence-electron chi connectivity index (χ4n) is 3.58. The third-order valence-corrected chi connectivity index (χ3v) is 4.49. The number of nitrogens with zero attached hydrogens (tertiary/aromatic N) is 1. The standard InChI is InChI=1S/C16H24N2/c1-2-7-15(8-3-1)13-18-12-5-4-9-16(14-18)10-6-11-17-16/h1-3,7-8,17H,4-6,9-14H2. The molecule has 0 aromatic heterocycles. The molecular weight excluding hydrogens is 220 g/mol. The van der Waals surface area contributed by atoms with E-state index in [4.69, 9.17) is 0 Å². The van der Waals surface area contributed by atoms with E-state index in [1.54, 1.807) is 0 Å². The highest BCUT2D eigenvalue weighted by Crippen LogP contribution is 2.29. The van der Waals surface area contributed by atoms with E-state index < -0.39 is 0 Å². The fourth-order valence-corrected chi connectivity index (χ4v) is 3.58. The minimum absolute atomic E-state index is 0.436. The van der Waals surface area contributed by atoms with Gasteiger partial charge in [-0.15, -0.1) is 0 Å². The molecule has 1 spiro atoms. The Kier molecular flexibility index (Phi) is 3.67. The van der Waals surface area contributed by atoms with Crippen molar-refractivity contribution in [3.05, 3.63) is 35.9 Å². The summed E-state index contributed by atoms with van der Waals surface area (Å²) < 4.78 is 0. The van der Waals surface area contributed by atoms with Crippen LogP contribution in [0.5, 0.6) is 0 Å². The van der Waals surface area contributed by atoms with E-state index in [9.17, 15) is 0 Å². The molecule has 98 valence electrons. The summed E-state index contributed by atoms with van der Waals surface area (Å²) in [5.41, 5.74) is 1.89. The number of hydrogen-bond donors (Lipinski definition) is 1. The first-order chi connectivity index (χ1) is 8.86. The Balaban J connectivity index is 1.68. The summed E-state index contributed by atoms with van der Waals surface area (Å²) in [4.78, 5) is 2.65. The van der Waals surface area contributed by atoms with Crippen molar-refractivity contribution in [3.8, 4) is 0 Å². The number of nitrogens with one attached hydrogen (secondary N) is 1. The van der Waals surface area contributed by atoms with Crippen molar-refractivity contribution in [2.45, 2.75) is 44.2 Å². The van der Waals surface area contributed by atoms with Crippen LogP contribution in [-0.4, -0.2) is 30.1 Å². The summed E-state index contributed by atoms with van der Waals surface area (Å²) in [5.74, 6) is 0. The average molecular weight is 244 g/mol. The molecule has 2 aliphatic heterocycles. The molecule has 1 aromatic rings. The van der Waals surface area contributed by atoms with Crippen molar-refractivity contribution in [2.24, 2.45) is 0 Å². The van der Waals surface area contributed by atoms with Crippen LogP contribution in [0, 0.1) is 0 Å². The smallest absolute Gasteiger partial charge is 0.0309 e. The molecule has 2 saturated heterocycles. The Labute approximate surface area is 110 Å². The minimum atomic E-state index is 0.436. The molecule has 18 heavy (non-hydrogen) atoms. The molecule has 2 fully saturated rings. The Hall–Kier alpha value is -0.860. The maximum absolute atomic E-state index is 3.79. The quantitative estimate of drug-likeness (QED) is 0.860. The number of likely N-dealkylation sites (tertiary alicyclic amines) is 1. The van der Waals surface area contributed by atoms with Crippen LogP contribution in [0.15, 0.2) is 30.3 Å². The highest BCUT2D eigenvalue weighted by molar-refractivity contribution is 5.14. The van der Waals surface area contributed by atoms with Gasteiger partial charge in [0.25, 0.3) is 0 Å². The molecule has 2 heteroatoms. The Morgan fingerprint density at radius 3 is 2.67 bits per heavy atom. The summed E-state index contributed by atoms with van der Waals surface area (Å²) >= 11 is 0. The van der Waals surface area contributed by atoms with Gasteiger partial charge in [0.05, 0.1) is 0 Å². The molecule has 0 bridgehead atoms. The second-order valence-electron chi connectivity index (χ2n) is 5.96. The van der Waals surface area contributed by atoms with Gasteiger partial charge in [0.1, 0.15) is 0 Å². The molecule has 0 aliphatic carbocycles. The zero-order valence-corrected chi connectivity index (χ0v) is 11.2. The van der Waals surface area contributed by atoms with Crippen LogP contribution in [-0.2, 0) is 6.54 Å². The van der Waals surface area contributed by atoms with E-state index in [1.165, 1.54) is 57.3 Å². The van der Waals surface area contributed by atoms with Gasteiger partial charge in [-0.2, -0.15) is 0 Å². The van der Waals surface area contributed by atoms with Crippen molar-refractivity contribution >= 4 is 0 Å². The Bertz CT molecular complexity index is 368. The van der Waals surface area contributed by atoms with Crippen molar-refractivity contribution in [1.29, 1.82) is 0 Å². The molecule has 1 N–H and O–H groups in total. The maximum atomic E-state index is 3.79. The van der Waals surface area contributed by atoms with Gasteiger partial charge < -0.3 is 5.32 Å². The third-order valence-electron chi connectivity index (χ3n) is 4.49. The normalized spacial score (nSPS) is 29.6. The van der Waals surface area contributed by atoms with Gasteiger partial charge in [0, 0.05) is 18.6 Å². The van der Waals surface area contributed by atoms with Crippen LogP contribution >= 0.6 is 0 Å². The molecule has 3 rings (SSSR count). The number of rotatable bonds is 2. The first-order valence-corrected chi connectivity index (χ1v) is 7.38. The van der Waals surface area contributed by atoms with Gasteiger partial charge in [-0.25, -0.2) is 0 Å². The highest BCUT2D eigenvalue weighted by Gasteiger charge is 2.35. The van der Waals surface area contributed by atoms with Crippen molar-refractivity contribution in [2.75, 3.05) is 19.6 Å². The van der Waals surface area contributed by atoms with Gasteiger partial charge >= 0.3 is 0 Å². The number of benzene rings is 1. The van der Waals surface area contributed by atoms with Crippen LogP contribution in [0.3, 0.4) is 0 Å². The topological polar surface area (TPSA) is 15.3 Å². The molecule has 1 unspecified atom stereocenters. The van der Waals surface area contributed by atoms with E-state index in [1.807, 2.05) is 0 Å². The predicted molar refractivity (Wildman–Crippen MR) is 75.5 cm³/mol. The summed E-state index contributed by atoms with van der Waals surface area (Å²) in [5, 5.41) is 3.79. The van der Waals surface area contributed by atoms with Crippen molar-refractivity contribution in [3.63, 3.8) is 0 Å². The van der Waals surface area contributed by atoms with Crippen molar-refractivity contribution in [1.82, 2.24) is 10.2 Å². The third kappa shape index (κ3) is 2.76. The highest BCUT2D eigenvalue weighted by atomic mass is 15.2. The minimum Gasteiger partial charge on any atom is -0.310 e. The lowest BCUT2D eigenvalue weighted by Crippen LogP contribution is -2.48. The number of hydrogen-bond acceptors (Lipinski definition) is 2. The van der Waals surface area contributed by atoms with E-state index in [0.717, 1.165) is 6.54 Å². The molecule has 0 radical (unpaired) electrons. The molecular formula is C16H24N2. The lowest BCUT2D eigenvalue weighted by Gasteiger charge is -2.33. The predicted octanol–water partition coefficient (Wildman–Crippen LogP) is 2.79. The average Bonchev–Trinajstić information content (AvgIpc) is 2.75. The summed E-state index contributed by atoms with van der Waals surface area (Å²) in [6.07, 6.45) is 6.85. The van der Waals surface area contributed by atoms with Crippen molar-refractivity contribution < 1.29 is 0 Å². The Morgan fingerprint density at radius 1 is 1.06 bits per heavy atom. The monoisotopic (exact) mass is 244 g/mol. The fraction of sp³-hybridized carbons (Fsp3) is 0.625. The van der Waals surface area contributed by atoms with E-state index in [0.29, 0.717) is 5.54 Å². The Morgan fingerprint density at radius 2 is 1.89 bits per heavy atom. The molecule has 1 aromatic carbocycles. The van der Waals surface area contributed by atoms with Crippen LogP contribution in [0.1, 0.15) is 37.7 Å². The summed E-state index contributed by atoms with van der Waals surface area (Å²) in [6, 6.07) is 10.9. The summed E-state index contributed by atoms with van der Waals surface area (Å²) in [7, 11) is 0. The van der Waals surface area contributed by atoms with Gasteiger partial charge in [-0.3, -0.25) is 4.90 Å². The molecule has 0 amide bonds. The second-order valence-corrected chi connectivity index (χ2v) is 5.96. The lowest BCUT2D eigenvalue weighted by molar-refractivity contribution is 0.203. The van der Waals surface area contributed by atoms with E-state index in [2.05, 4.69) is 40.5 Å². The van der Waals surface area contributed by atoms with Gasteiger partial charge in [0.2, 0.25) is 0 Å². The first kappa shape index (κ1) is 12.2. The largest absolute Gasteiger partial charge is 0.310 e. The second kappa shape index (κ2) is 5.41. The SMILES string of the molecule is c1ccc(CN2CCCCC3(CCCN3)C2)cc1. The van der Waals surface area contributed by atoms with Gasteiger partial charge in [-0.1, -0.05) is 36.8 Å². The van der Waals surface area contributed by atoms with Crippen LogP contribution in [0.25, 0.3) is 0 Å². The molecule has 0 saturated carbocycles. The van der Waals surface area contributed by atoms with E-state index >= 15 is 0 Å². The maximum Gasteiger partial charge on any atom is 0.0309 e. The van der Waals surface area contributed by atoms with Crippen LogP contribution in [0.4, 0.5) is 0 Å². The van der Waals surface area contributed by atoms with Gasteiger partial charge in [0.15, 0.2) is 0 Å². The van der Waals surface area contributed by atoms with Crippen LogP contribution in [0.2, 0.25) is 0 Å². The molecule has 2 nitrogen and oxygen atoms in total. The molecule has 1 atom stereocenters. The van der Waals surface area contributed by atoms with Gasteiger partial charge in [-0.05, 0) is 44.3 Å². The summed E-state index contributed by atoms with van der Waals surface area (Å²) in [6.45, 7) is 4.84. The molecule has 2 aliphatic rings. The zero-order valence-electron chi connectivity index (χ0n) is 11.2.